The molecule has 1 saturated carbocycles. The van der Waals surface area contributed by atoms with E-state index in [4.69, 9.17) is 9.47 Å². The van der Waals surface area contributed by atoms with Crippen molar-refractivity contribution >= 4 is 11.8 Å². The van der Waals surface area contributed by atoms with Gasteiger partial charge in [-0.05, 0) is 31.9 Å². The Morgan fingerprint density at radius 1 is 1.23 bits per heavy atom. The summed E-state index contributed by atoms with van der Waals surface area (Å²) in [6.07, 6.45) is 1.95. The molecule has 2 amide bonds. The maximum absolute atomic E-state index is 12.6. The normalized spacial score (nSPS) is 19.5. The van der Waals surface area contributed by atoms with Crippen LogP contribution in [0.1, 0.15) is 19.8 Å². The number of nitrogens with zero attached hydrogens (tertiary/aromatic N) is 1. The minimum Gasteiger partial charge on any atom is -0.486 e. The number of rotatable bonds is 8. The van der Waals surface area contributed by atoms with Gasteiger partial charge in [-0.15, -0.1) is 0 Å². The summed E-state index contributed by atoms with van der Waals surface area (Å²) in [6.45, 7) is 4.05. The maximum Gasteiger partial charge on any atom is 0.277 e. The van der Waals surface area contributed by atoms with Gasteiger partial charge >= 0.3 is 0 Å². The summed E-state index contributed by atoms with van der Waals surface area (Å²) >= 11 is 0. The van der Waals surface area contributed by atoms with Crippen LogP contribution in [0.25, 0.3) is 0 Å². The Bertz CT molecular complexity index is 647. The Morgan fingerprint density at radius 2 is 1.96 bits per heavy atom. The van der Waals surface area contributed by atoms with Gasteiger partial charge in [0.1, 0.15) is 6.61 Å². The number of amides is 2. The lowest BCUT2D eigenvalue weighted by molar-refractivity contribution is -0.863. The monoisotopic (exact) mass is 362 g/mol. The fraction of sp³-hybridized carbons (Fsp3) is 0.579. The number of likely N-dealkylation sites (N-methyl/N-ethyl adjacent to an activating group) is 2. The second-order valence-corrected chi connectivity index (χ2v) is 7.08. The van der Waals surface area contributed by atoms with Gasteiger partial charge in [0.05, 0.1) is 13.6 Å². The van der Waals surface area contributed by atoms with Gasteiger partial charge in [0.2, 0.25) is 0 Å². The molecule has 7 nitrogen and oxygen atoms in total. The van der Waals surface area contributed by atoms with E-state index >= 15 is 0 Å². The highest BCUT2D eigenvalue weighted by atomic mass is 16.6. The molecular weight excluding hydrogens is 334 g/mol. The fourth-order valence-corrected chi connectivity index (χ4v) is 3.02. The Labute approximate surface area is 154 Å². The van der Waals surface area contributed by atoms with E-state index in [9.17, 15) is 9.59 Å². The van der Waals surface area contributed by atoms with Crippen LogP contribution in [-0.2, 0) is 9.59 Å². The van der Waals surface area contributed by atoms with Crippen molar-refractivity contribution in [1.29, 1.82) is 0 Å². The molecule has 2 N–H and O–H groups in total. The first kappa shape index (κ1) is 18.5. The van der Waals surface area contributed by atoms with Gasteiger partial charge in [-0.25, -0.2) is 0 Å². The van der Waals surface area contributed by atoms with E-state index in [0.29, 0.717) is 38.0 Å². The van der Waals surface area contributed by atoms with Crippen molar-refractivity contribution in [2.24, 2.45) is 0 Å². The Morgan fingerprint density at radius 3 is 2.65 bits per heavy atom. The van der Waals surface area contributed by atoms with Gasteiger partial charge in [0.25, 0.3) is 11.8 Å². The van der Waals surface area contributed by atoms with Gasteiger partial charge < -0.3 is 24.6 Å². The van der Waals surface area contributed by atoms with Crippen molar-refractivity contribution < 1.29 is 24.0 Å². The molecular formula is C19H28N3O4+. The average Bonchev–Trinajstić information content (AvgIpc) is 3.42. The highest BCUT2D eigenvalue weighted by Gasteiger charge is 2.27. The lowest BCUT2D eigenvalue weighted by atomic mass is 10.2. The van der Waals surface area contributed by atoms with Crippen LogP contribution in [0.3, 0.4) is 0 Å². The Hall–Kier alpha value is -2.28. The van der Waals surface area contributed by atoms with E-state index < -0.39 is 0 Å². The van der Waals surface area contributed by atoms with Gasteiger partial charge in [-0.3, -0.25) is 9.59 Å². The van der Waals surface area contributed by atoms with E-state index in [1.807, 2.05) is 38.2 Å². The fourth-order valence-electron chi connectivity index (χ4n) is 3.02. The number of carbonyl (C=O) groups is 2. The number of fused-ring (bicyclic) bond motifs is 1. The number of hydrogen-bond acceptors (Lipinski definition) is 4. The molecule has 0 saturated heterocycles. The second kappa shape index (κ2) is 8.40. The molecule has 1 aromatic rings. The molecule has 2 atom stereocenters. The van der Waals surface area contributed by atoms with Gasteiger partial charge in [0, 0.05) is 12.6 Å². The second-order valence-electron chi connectivity index (χ2n) is 7.08. The van der Waals surface area contributed by atoms with Crippen LogP contribution in [0.2, 0.25) is 0 Å². The molecule has 7 heteroatoms. The molecule has 0 spiro atoms. The summed E-state index contributed by atoms with van der Waals surface area (Å²) in [7, 11) is 1.87. The molecule has 142 valence electrons. The quantitative estimate of drug-likeness (QED) is 0.652. The highest BCUT2D eigenvalue weighted by molar-refractivity contribution is 5.79. The van der Waals surface area contributed by atoms with E-state index in [1.54, 1.807) is 4.90 Å². The average molecular weight is 362 g/mol. The topological polar surface area (TPSA) is 72.3 Å². The number of para-hydroxylation sites is 2. The zero-order valence-corrected chi connectivity index (χ0v) is 15.5. The van der Waals surface area contributed by atoms with E-state index in [1.165, 1.54) is 0 Å². The molecule has 1 aliphatic heterocycles. The number of hydrogen-bond donors (Lipinski definition) is 2. The molecule has 2 aliphatic rings. The van der Waals surface area contributed by atoms with Crippen molar-refractivity contribution in [3.8, 4) is 11.5 Å². The Balaban J connectivity index is 1.46. The molecule has 1 aliphatic carbocycles. The maximum atomic E-state index is 12.6. The first-order chi connectivity index (χ1) is 12.5. The molecule has 26 heavy (non-hydrogen) atoms. The largest absolute Gasteiger partial charge is 0.486 e. The molecule has 3 rings (SSSR count). The van der Waals surface area contributed by atoms with E-state index in [2.05, 4.69) is 5.32 Å². The molecule has 1 heterocycles. The first-order valence-electron chi connectivity index (χ1n) is 9.32. The summed E-state index contributed by atoms with van der Waals surface area (Å²) in [5.41, 5.74) is 0. The summed E-state index contributed by atoms with van der Waals surface area (Å²) in [5, 5.41) is 2.96. The molecule has 1 aromatic carbocycles. The van der Waals surface area contributed by atoms with Gasteiger partial charge in [-0.2, -0.15) is 0 Å². The van der Waals surface area contributed by atoms with Gasteiger partial charge in [0.15, 0.2) is 30.7 Å². The predicted molar refractivity (Wildman–Crippen MR) is 96.4 cm³/mol. The zero-order chi connectivity index (χ0) is 18.5. The van der Waals surface area contributed by atoms with Crippen LogP contribution in [0.5, 0.6) is 11.5 Å². The molecule has 1 fully saturated rings. The SMILES string of the molecule is CCN(C[C@H]1COc2ccccc2O1)C(=O)C[NH+](C)CC(=O)NC1CC1. The predicted octanol–water partition coefficient (Wildman–Crippen LogP) is -0.532. The number of ether oxygens (including phenoxy) is 2. The number of benzene rings is 1. The van der Waals surface area contributed by atoms with Crippen LogP contribution < -0.4 is 19.7 Å². The van der Waals surface area contributed by atoms with Crippen LogP contribution in [0.15, 0.2) is 24.3 Å². The first-order valence-corrected chi connectivity index (χ1v) is 9.32. The van der Waals surface area contributed by atoms with E-state index in [0.717, 1.165) is 23.5 Å². The van der Waals surface area contributed by atoms with Crippen LogP contribution >= 0.6 is 0 Å². The number of quaternary nitrogens is 1. The minimum atomic E-state index is -0.188. The van der Waals surface area contributed by atoms with Crippen molar-refractivity contribution in [2.45, 2.75) is 31.9 Å². The third kappa shape index (κ3) is 5.11. The minimum absolute atomic E-state index is 0.0152. The van der Waals surface area contributed by atoms with Crippen molar-refractivity contribution in [3.05, 3.63) is 24.3 Å². The lowest BCUT2D eigenvalue weighted by Crippen LogP contribution is -3.11. The summed E-state index contributed by atoms with van der Waals surface area (Å²) in [4.78, 5) is 27.1. The van der Waals surface area contributed by atoms with Crippen molar-refractivity contribution in [1.82, 2.24) is 10.2 Å². The summed E-state index contributed by atoms with van der Waals surface area (Å²) in [6, 6.07) is 7.90. The van der Waals surface area contributed by atoms with E-state index in [-0.39, 0.29) is 24.5 Å². The van der Waals surface area contributed by atoms with Gasteiger partial charge in [-0.1, -0.05) is 12.1 Å². The Kier molecular flexibility index (Phi) is 5.98. The molecule has 0 radical (unpaired) electrons. The van der Waals surface area contributed by atoms with Crippen LogP contribution in [-0.4, -0.2) is 68.7 Å². The van der Waals surface area contributed by atoms with Crippen molar-refractivity contribution in [2.75, 3.05) is 39.8 Å². The molecule has 1 unspecified atom stereocenters. The zero-order valence-electron chi connectivity index (χ0n) is 15.5. The standard InChI is InChI=1S/C19H27N3O4/c1-3-22(10-15-13-25-16-6-4-5-7-17(16)26-15)19(24)12-21(2)11-18(23)20-14-8-9-14/h4-7,14-15H,3,8-13H2,1-2H3,(H,20,23)/p+1/t15-/m0/s1. The highest BCUT2D eigenvalue weighted by Crippen LogP contribution is 2.30. The third-order valence-corrected chi connectivity index (χ3v) is 4.58. The number of carbonyl (C=O) groups excluding carboxylic acids is 2. The summed E-state index contributed by atoms with van der Waals surface area (Å²) < 4.78 is 11.7. The number of nitrogens with one attached hydrogen (secondary N) is 2. The van der Waals surface area contributed by atoms with Crippen LogP contribution in [0, 0.1) is 0 Å². The van der Waals surface area contributed by atoms with Crippen molar-refractivity contribution in [3.63, 3.8) is 0 Å². The summed E-state index contributed by atoms with van der Waals surface area (Å²) in [5.74, 6) is 1.49. The molecule has 0 aromatic heterocycles. The third-order valence-electron chi connectivity index (χ3n) is 4.58. The smallest absolute Gasteiger partial charge is 0.277 e. The molecule has 0 bridgehead atoms. The lowest BCUT2D eigenvalue weighted by Gasteiger charge is -2.31. The van der Waals surface area contributed by atoms with Crippen LogP contribution in [0.4, 0.5) is 0 Å².